The minimum absolute atomic E-state index is 0.106. The summed E-state index contributed by atoms with van der Waals surface area (Å²) in [7, 11) is 0. The van der Waals surface area contributed by atoms with E-state index in [0.29, 0.717) is 29.5 Å². The summed E-state index contributed by atoms with van der Waals surface area (Å²) in [5, 5.41) is 11.2. The maximum absolute atomic E-state index is 12.5. The number of likely N-dealkylation sites (tertiary alicyclic amines) is 1. The highest BCUT2D eigenvalue weighted by Gasteiger charge is 2.26. The van der Waals surface area contributed by atoms with Crippen LogP contribution in [0.25, 0.3) is 10.7 Å². The fourth-order valence-electron chi connectivity index (χ4n) is 2.65. The second-order valence-corrected chi connectivity index (χ2v) is 6.32. The Morgan fingerprint density at radius 1 is 1.30 bits per heavy atom. The van der Waals surface area contributed by atoms with Crippen molar-refractivity contribution < 1.29 is 14.7 Å². The van der Waals surface area contributed by atoms with Crippen LogP contribution in [0.5, 0.6) is 0 Å². The third-order valence-corrected chi connectivity index (χ3v) is 4.74. The number of carbonyl (C=O) groups excluding carboxylic acids is 1. The van der Waals surface area contributed by atoms with Crippen LogP contribution in [0.4, 0.5) is 0 Å². The van der Waals surface area contributed by atoms with E-state index in [4.69, 9.17) is 5.11 Å². The lowest BCUT2D eigenvalue weighted by atomic mass is 9.93. The first-order valence-corrected chi connectivity index (χ1v) is 8.24. The molecule has 1 amide bonds. The molecule has 23 heavy (non-hydrogen) atoms. The van der Waals surface area contributed by atoms with E-state index in [1.807, 2.05) is 0 Å². The summed E-state index contributed by atoms with van der Waals surface area (Å²) < 4.78 is 0. The first-order chi connectivity index (χ1) is 11.1. The van der Waals surface area contributed by atoms with Gasteiger partial charge in [-0.1, -0.05) is 0 Å². The highest BCUT2D eigenvalue weighted by molar-refractivity contribution is 7.13. The van der Waals surface area contributed by atoms with E-state index < -0.39 is 5.97 Å². The van der Waals surface area contributed by atoms with E-state index in [2.05, 4.69) is 15.0 Å². The van der Waals surface area contributed by atoms with Crippen LogP contribution in [0.3, 0.4) is 0 Å². The van der Waals surface area contributed by atoms with Gasteiger partial charge in [0.25, 0.3) is 5.91 Å². The molecule has 0 bridgehead atoms. The monoisotopic (exact) mass is 332 g/mol. The molecule has 0 aliphatic carbocycles. The standard InChI is InChI=1S/C15H16N4O3S/c20-13(21)7-10-1-5-19(6-2-10)15(22)12-9-23-14(18-12)11-8-16-3-4-17-11/h3-4,8-10H,1-2,5-7H2,(H,20,21). The Kier molecular flexibility index (Phi) is 4.61. The van der Waals surface area contributed by atoms with Crippen LogP contribution in [0.15, 0.2) is 24.0 Å². The lowest BCUT2D eigenvalue weighted by Crippen LogP contribution is -2.39. The number of hydrogen-bond acceptors (Lipinski definition) is 6. The quantitative estimate of drug-likeness (QED) is 0.919. The number of carboxylic acids is 1. The van der Waals surface area contributed by atoms with Crippen molar-refractivity contribution in [2.75, 3.05) is 13.1 Å². The molecular formula is C15H16N4O3S. The van der Waals surface area contributed by atoms with Gasteiger partial charge in [-0.3, -0.25) is 19.6 Å². The van der Waals surface area contributed by atoms with Gasteiger partial charge < -0.3 is 10.0 Å². The topological polar surface area (TPSA) is 96.3 Å². The zero-order valence-electron chi connectivity index (χ0n) is 12.4. The van der Waals surface area contributed by atoms with Gasteiger partial charge in [0, 0.05) is 37.3 Å². The predicted octanol–water partition coefficient (Wildman–Crippen LogP) is 1.93. The molecule has 3 rings (SSSR count). The van der Waals surface area contributed by atoms with Crippen molar-refractivity contribution in [3.05, 3.63) is 29.7 Å². The van der Waals surface area contributed by atoms with E-state index in [-0.39, 0.29) is 18.2 Å². The number of aliphatic carboxylic acids is 1. The zero-order valence-corrected chi connectivity index (χ0v) is 13.2. The molecule has 2 aromatic heterocycles. The molecule has 1 saturated heterocycles. The Balaban J connectivity index is 1.63. The number of aromatic nitrogens is 3. The molecule has 0 atom stereocenters. The first-order valence-electron chi connectivity index (χ1n) is 7.36. The Morgan fingerprint density at radius 3 is 2.74 bits per heavy atom. The van der Waals surface area contributed by atoms with E-state index in [1.54, 1.807) is 28.9 Å². The molecule has 7 nitrogen and oxygen atoms in total. The van der Waals surface area contributed by atoms with E-state index in [1.165, 1.54) is 11.3 Å². The molecule has 1 N–H and O–H groups in total. The molecule has 0 saturated carbocycles. The van der Waals surface area contributed by atoms with Crippen LogP contribution >= 0.6 is 11.3 Å². The van der Waals surface area contributed by atoms with Crippen molar-refractivity contribution in [1.29, 1.82) is 0 Å². The van der Waals surface area contributed by atoms with E-state index >= 15 is 0 Å². The normalized spacial score (nSPS) is 15.6. The second kappa shape index (κ2) is 6.82. The van der Waals surface area contributed by atoms with Crippen LogP contribution in [0.1, 0.15) is 29.8 Å². The van der Waals surface area contributed by atoms with Gasteiger partial charge in [-0.15, -0.1) is 11.3 Å². The molecule has 120 valence electrons. The molecule has 3 heterocycles. The summed E-state index contributed by atoms with van der Waals surface area (Å²) in [6.45, 7) is 1.16. The maximum Gasteiger partial charge on any atom is 0.303 e. The van der Waals surface area contributed by atoms with Crippen molar-refractivity contribution in [1.82, 2.24) is 19.9 Å². The molecule has 2 aromatic rings. The van der Waals surface area contributed by atoms with Gasteiger partial charge in [-0.25, -0.2) is 4.98 Å². The molecule has 1 fully saturated rings. The Hall–Kier alpha value is -2.35. The van der Waals surface area contributed by atoms with Crippen molar-refractivity contribution in [3.63, 3.8) is 0 Å². The van der Waals surface area contributed by atoms with Crippen molar-refractivity contribution >= 4 is 23.2 Å². The van der Waals surface area contributed by atoms with Gasteiger partial charge in [0.1, 0.15) is 16.4 Å². The number of thiazole rings is 1. The molecule has 1 aliphatic heterocycles. The number of nitrogens with zero attached hydrogens (tertiary/aromatic N) is 4. The lowest BCUT2D eigenvalue weighted by Gasteiger charge is -2.30. The van der Waals surface area contributed by atoms with E-state index in [9.17, 15) is 9.59 Å². The number of piperidine rings is 1. The smallest absolute Gasteiger partial charge is 0.303 e. The summed E-state index contributed by atoms with van der Waals surface area (Å²) in [6, 6.07) is 0. The molecular weight excluding hydrogens is 316 g/mol. The summed E-state index contributed by atoms with van der Waals surface area (Å²) in [6.07, 6.45) is 6.41. The van der Waals surface area contributed by atoms with Crippen LogP contribution in [0, 0.1) is 5.92 Å². The Morgan fingerprint density at radius 2 is 2.09 bits per heavy atom. The lowest BCUT2D eigenvalue weighted by molar-refractivity contribution is -0.138. The van der Waals surface area contributed by atoms with Gasteiger partial charge in [0.15, 0.2) is 0 Å². The molecule has 0 radical (unpaired) electrons. The number of amides is 1. The largest absolute Gasteiger partial charge is 0.481 e. The third-order valence-electron chi connectivity index (χ3n) is 3.87. The number of carbonyl (C=O) groups is 2. The maximum atomic E-state index is 12.5. The van der Waals surface area contributed by atoms with Crippen molar-refractivity contribution in [2.24, 2.45) is 5.92 Å². The molecule has 8 heteroatoms. The fraction of sp³-hybridized carbons (Fsp3) is 0.400. The highest BCUT2D eigenvalue weighted by Crippen LogP contribution is 2.24. The number of hydrogen-bond donors (Lipinski definition) is 1. The van der Waals surface area contributed by atoms with Crippen molar-refractivity contribution in [3.8, 4) is 10.7 Å². The minimum atomic E-state index is -0.775. The van der Waals surface area contributed by atoms with Gasteiger partial charge >= 0.3 is 5.97 Å². The molecule has 0 aromatic carbocycles. The van der Waals surface area contributed by atoms with Crippen molar-refractivity contribution in [2.45, 2.75) is 19.3 Å². The highest BCUT2D eigenvalue weighted by atomic mass is 32.1. The van der Waals surface area contributed by atoms with Gasteiger partial charge in [0.2, 0.25) is 0 Å². The average molecular weight is 332 g/mol. The summed E-state index contributed by atoms with van der Waals surface area (Å²) >= 11 is 1.37. The predicted molar refractivity (Wildman–Crippen MR) is 84.0 cm³/mol. The van der Waals surface area contributed by atoms with Crippen LogP contribution in [0.2, 0.25) is 0 Å². The van der Waals surface area contributed by atoms with Gasteiger partial charge in [-0.2, -0.15) is 0 Å². The van der Waals surface area contributed by atoms with Crippen LogP contribution in [-0.4, -0.2) is 49.9 Å². The Labute approximate surface area is 137 Å². The van der Waals surface area contributed by atoms with Gasteiger partial charge in [-0.05, 0) is 18.8 Å². The van der Waals surface area contributed by atoms with Crippen LogP contribution in [-0.2, 0) is 4.79 Å². The average Bonchev–Trinajstić information content (AvgIpc) is 3.05. The SMILES string of the molecule is O=C(O)CC1CCN(C(=O)c2csc(-c3cnccn3)n2)CC1. The van der Waals surface area contributed by atoms with Gasteiger partial charge in [0.05, 0.1) is 6.20 Å². The second-order valence-electron chi connectivity index (χ2n) is 5.46. The first kappa shape index (κ1) is 15.5. The minimum Gasteiger partial charge on any atom is -0.481 e. The van der Waals surface area contributed by atoms with Crippen LogP contribution < -0.4 is 0 Å². The molecule has 0 unspecified atom stereocenters. The Bertz CT molecular complexity index is 696. The molecule has 1 aliphatic rings. The van der Waals surface area contributed by atoms with E-state index in [0.717, 1.165) is 12.8 Å². The summed E-state index contributed by atoms with van der Waals surface area (Å²) in [5.74, 6) is -0.727. The summed E-state index contributed by atoms with van der Waals surface area (Å²) in [4.78, 5) is 37.5. The fourth-order valence-corrected chi connectivity index (χ4v) is 3.40. The number of rotatable bonds is 4. The zero-order chi connectivity index (χ0) is 16.2. The number of carboxylic acid groups (broad SMARTS) is 1. The summed E-state index contributed by atoms with van der Waals surface area (Å²) in [5.41, 5.74) is 1.06. The third kappa shape index (κ3) is 3.70. The molecule has 0 spiro atoms.